The molecule has 0 saturated heterocycles. The van der Waals surface area contributed by atoms with Crippen LogP contribution in [-0.4, -0.2) is 11.9 Å². The Morgan fingerprint density at radius 3 is 2.80 bits per heavy atom. The highest BCUT2D eigenvalue weighted by Gasteiger charge is 2.30. The van der Waals surface area contributed by atoms with Gasteiger partial charge in [-0.2, -0.15) is 5.26 Å². The fourth-order valence-corrected chi connectivity index (χ4v) is 1.77. The molecular formula is C12H12N2O. The molecule has 76 valence electrons. The summed E-state index contributed by atoms with van der Waals surface area (Å²) < 4.78 is 5.61. The molecule has 0 amide bonds. The summed E-state index contributed by atoms with van der Waals surface area (Å²) in [5.41, 5.74) is 1.08. The van der Waals surface area contributed by atoms with E-state index in [1.54, 1.807) is 0 Å². The van der Waals surface area contributed by atoms with Gasteiger partial charge in [0.25, 0.3) is 0 Å². The summed E-state index contributed by atoms with van der Waals surface area (Å²) in [6.07, 6.45) is 0.308. The molecule has 1 aromatic carbocycles. The molecule has 1 aliphatic heterocycles. The molecular weight excluding hydrogens is 188 g/mol. The van der Waals surface area contributed by atoms with Crippen molar-refractivity contribution in [3.63, 3.8) is 0 Å². The lowest BCUT2D eigenvalue weighted by Gasteiger charge is -2.15. The van der Waals surface area contributed by atoms with E-state index in [1.807, 2.05) is 37.3 Å². The molecule has 1 heterocycles. The number of rotatable bonds is 2. The van der Waals surface area contributed by atoms with Crippen LogP contribution in [0, 0.1) is 11.3 Å². The highest BCUT2D eigenvalue weighted by Crippen LogP contribution is 2.30. The number of benzene rings is 1. The van der Waals surface area contributed by atoms with Gasteiger partial charge in [-0.1, -0.05) is 30.3 Å². The van der Waals surface area contributed by atoms with Crippen LogP contribution in [-0.2, 0) is 4.74 Å². The number of nitriles is 1. The van der Waals surface area contributed by atoms with Gasteiger partial charge in [-0.25, -0.2) is 4.99 Å². The lowest BCUT2D eigenvalue weighted by atomic mass is 10.0. The zero-order valence-corrected chi connectivity index (χ0v) is 8.55. The second kappa shape index (κ2) is 4.14. The topological polar surface area (TPSA) is 45.4 Å². The molecule has 3 nitrogen and oxygen atoms in total. The Labute approximate surface area is 89.0 Å². The second-order valence-electron chi connectivity index (χ2n) is 3.53. The molecule has 15 heavy (non-hydrogen) atoms. The number of hydrogen-bond acceptors (Lipinski definition) is 3. The zero-order valence-electron chi connectivity index (χ0n) is 8.55. The quantitative estimate of drug-likeness (QED) is 0.736. The standard InChI is InChI=1S/C12H12N2O/c1-9-14-11(7-8-13)12(15-9)10-5-3-2-4-6-10/h2-6,11-12H,7H2,1H3. The SMILES string of the molecule is CC1=NC(CC#N)C(c2ccccc2)O1. The van der Waals surface area contributed by atoms with Gasteiger partial charge < -0.3 is 4.74 Å². The van der Waals surface area contributed by atoms with Gasteiger partial charge in [-0.05, 0) is 5.56 Å². The molecule has 0 spiro atoms. The van der Waals surface area contributed by atoms with E-state index in [1.165, 1.54) is 0 Å². The number of hydrogen-bond donors (Lipinski definition) is 0. The lowest BCUT2D eigenvalue weighted by molar-refractivity contribution is 0.195. The van der Waals surface area contributed by atoms with Crippen LogP contribution in [0.15, 0.2) is 35.3 Å². The van der Waals surface area contributed by atoms with Gasteiger partial charge in [-0.3, -0.25) is 0 Å². The molecule has 3 heteroatoms. The van der Waals surface area contributed by atoms with Gasteiger partial charge in [0.05, 0.1) is 12.5 Å². The first-order valence-electron chi connectivity index (χ1n) is 4.94. The van der Waals surface area contributed by atoms with E-state index in [4.69, 9.17) is 10.00 Å². The van der Waals surface area contributed by atoms with Crippen LogP contribution >= 0.6 is 0 Å². The van der Waals surface area contributed by atoms with Gasteiger partial charge in [0.2, 0.25) is 0 Å². The normalized spacial score (nSPS) is 24.1. The average molecular weight is 200 g/mol. The van der Waals surface area contributed by atoms with Crippen LogP contribution in [0.4, 0.5) is 0 Å². The molecule has 1 aliphatic rings. The van der Waals surface area contributed by atoms with E-state index in [0.29, 0.717) is 12.3 Å². The fraction of sp³-hybridized carbons (Fsp3) is 0.333. The maximum absolute atomic E-state index is 8.70. The minimum absolute atomic E-state index is 0.0580. The molecule has 2 unspecified atom stereocenters. The zero-order chi connectivity index (χ0) is 10.7. The number of aliphatic imine (C=N–C) groups is 1. The van der Waals surface area contributed by atoms with E-state index in [2.05, 4.69) is 11.1 Å². The predicted molar refractivity (Wildman–Crippen MR) is 57.4 cm³/mol. The second-order valence-corrected chi connectivity index (χ2v) is 3.53. The average Bonchev–Trinajstić information content (AvgIpc) is 2.62. The van der Waals surface area contributed by atoms with Gasteiger partial charge in [0.1, 0.15) is 12.1 Å². The van der Waals surface area contributed by atoms with E-state index < -0.39 is 0 Å². The van der Waals surface area contributed by atoms with Crippen LogP contribution in [0.1, 0.15) is 25.0 Å². The van der Waals surface area contributed by atoms with Crippen molar-refractivity contribution >= 4 is 5.90 Å². The van der Waals surface area contributed by atoms with Crippen LogP contribution in [0.2, 0.25) is 0 Å². The van der Waals surface area contributed by atoms with Gasteiger partial charge in [0, 0.05) is 6.92 Å². The van der Waals surface area contributed by atoms with Crippen LogP contribution in [0.5, 0.6) is 0 Å². The lowest BCUT2D eigenvalue weighted by Crippen LogP contribution is -2.13. The van der Waals surface area contributed by atoms with Crippen molar-refractivity contribution in [3.05, 3.63) is 35.9 Å². The summed E-state index contributed by atoms with van der Waals surface area (Å²) in [5.74, 6) is 0.670. The molecule has 0 aromatic heterocycles. The Balaban J connectivity index is 2.21. The van der Waals surface area contributed by atoms with E-state index >= 15 is 0 Å². The number of nitrogens with zero attached hydrogens (tertiary/aromatic N) is 2. The van der Waals surface area contributed by atoms with Gasteiger partial charge in [0.15, 0.2) is 5.90 Å². The van der Waals surface area contributed by atoms with E-state index in [-0.39, 0.29) is 12.1 Å². The van der Waals surface area contributed by atoms with Crippen LogP contribution in [0.3, 0.4) is 0 Å². The Morgan fingerprint density at radius 1 is 1.40 bits per heavy atom. The first kappa shape index (κ1) is 9.72. The summed E-state index contributed by atoms with van der Waals surface area (Å²) in [7, 11) is 0. The van der Waals surface area contributed by atoms with Crippen molar-refractivity contribution in [2.45, 2.75) is 25.5 Å². The molecule has 0 fully saturated rings. The molecule has 0 N–H and O–H groups in total. The third-order valence-electron chi connectivity index (χ3n) is 2.42. The summed E-state index contributed by atoms with van der Waals surface area (Å²) in [6, 6.07) is 12.0. The van der Waals surface area contributed by atoms with Crippen molar-refractivity contribution in [2.75, 3.05) is 0 Å². The van der Waals surface area contributed by atoms with Crippen molar-refractivity contribution in [1.29, 1.82) is 5.26 Å². The van der Waals surface area contributed by atoms with Gasteiger partial charge >= 0.3 is 0 Å². The van der Waals surface area contributed by atoms with Crippen molar-refractivity contribution in [2.24, 2.45) is 4.99 Å². The first-order valence-corrected chi connectivity index (χ1v) is 4.94. The van der Waals surface area contributed by atoms with Crippen LogP contribution in [0.25, 0.3) is 0 Å². The number of ether oxygens (including phenoxy) is 1. The maximum atomic E-state index is 8.70. The third-order valence-corrected chi connectivity index (χ3v) is 2.42. The summed E-state index contributed by atoms with van der Waals surface area (Å²) in [6.45, 7) is 1.83. The van der Waals surface area contributed by atoms with Crippen molar-refractivity contribution in [3.8, 4) is 6.07 Å². The van der Waals surface area contributed by atoms with Gasteiger partial charge in [-0.15, -0.1) is 0 Å². The Hall–Kier alpha value is -1.82. The molecule has 2 atom stereocenters. The smallest absolute Gasteiger partial charge is 0.181 e. The van der Waals surface area contributed by atoms with Crippen molar-refractivity contribution < 1.29 is 4.74 Å². The predicted octanol–water partition coefficient (Wildman–Crippen LogP) is 2.46. The monoisotopic (exact) mass is 200 g/mol. The molecule has 2 rings (SSSR count). The summed E-state index contributed by atoms with van der Waals surface area (Å²) in [4.78, 5) is 4.31. The first-order chi connectivity index (χ1) is 7.31. The Bertz CT molecular complexity index is 405. The molecule has 0 radical (unpaired) electrons. The summed E-state index contributed by atoms with van der Waals surface area (Å²) in [5, 5.41) is 8.70. The molecule has 0 bridgehead atoms. The maximum Gasteiger partial charge on any atom is 0.181 e. The molecule has 0 saturated carbocycles. The Morgan fingerprint density at radius 2 is 2.13 bits per heavy atom. The van der Waals surface area contributed by atoms with Crippen molar-refractivity contribution in [1.82, 2.24) is 0 Å². The highest BCUT2D eigenvalue weighted by molar-refractivity contribution is 5.75. The molecule has 1 aromatic rings. The van der Waals surface area contributed by atoms with E-state index in [0.717, 1.165) is 5.56 Å². The fourth-order valence-electron chi connectivity index (χ4n) is 1.77. The largest absolute Gasteiger partial charge is 0.471 e. The highest BCUT2D eigenvalue weighted by atomic mass is 16.5. The third kappa shape index (κ3) is 1.99. The van der Waals surface area contributed by atoms with E-state index in [9.17, 15) is 0 Å². The Kier molecular flexibility index (Phi) is 2.68. The molecule has 0 aliphatic carbocycles. The minimum atomic E-state index is -0.0918. The van der Waals surface area contributed by atoms with Crippen LogP contribution < -0.4 is 0 Å². The summed E-state index contributed by atoms with van der Waals surface area (Å²) >= 11 is 0. The minimum Gasteiger partial charge on any atom is -0.471 e.